The second kappa shape index (κ2) is 6.50. The molecule has 116 valence electrons. The summed E-state index contributed by atoms with van der Waals surface area (Å²) in [6.45, 7) is 5.82. The van der Waals surface area contributed by atoms with Crippen LogP contribution < -0.4 is 0 Å². The monoisotopic (exact) mass is 338 g/mol. The maximum atomic E-state index is 9.45. The van der Waals surface area contributed by atoms with Crippen LogP contribution in [0.4, 0.5) is 0 Å². The van der Waals surface area contributed by atoms with Gasteiger partial charge in [-0.15, -0.1) is 0 Å². The van der Waals surface area contributed by atoms with Crippen molar-refractivity contribution in [2.75, 3.05) is 0 Å². The van der Waals surface area contributed by atoms with Gasteiger partial charge in [-0.1, -0.05) is 55.2 Å². The van der Waals surface area contributed by atoms with E-state index in [2.05, 4.69) is 15.2 Å². The van der Waals surface area contributed by atoms with Crippen LogP contribution in [0.15, 0.2) is 36.0 Å². The number of nitrogens with zero attached hydrogens (tertiary/aromatic N) is 4. The lowest BCUT2D eigenvalue weighted by Crippen LogP contribution is -2.24. The lowest BCUT2D eigenvalue weighted by atomic mass is 9.87. The quantitative estimate of drug-likeness (QED) is 0.510. The van der Waals surface area contributed by atoms with E-state index < -0.39 is 5.41 Å². The zero-order valence-electron chi connectivity index (χ0n) is 12.5. The first-order valence-electron chi connectivity index (χ1n) is 6.57. The second-order valence-corrected chi connectivity index (χ2v) is 6.58. The van der Waals surface area contributed by atoms with E-state index in [0.29, 0.717) is 21.5 Å². The van der Waals surface area contributed by atoms with Gasteiger partial charge in [0.05, 0.1) is 5.70 Å². The number of hydrogen-bond donors (Lipinski definition) is 1. The molecule has 7 heteroatoms. The minimum Gasteiger partial charge on any atom is -0.411 e. The van der Waals surface area contributed by atoms with Gasteiger partial charge in [0.25, 0.3) is 0 Å². The first-order valence-corrected chi connectivity index (χ1v) is 7.33. The Morgan fingerprint density at radius 3 is 2.55 bits per heavy atom. The van der Waals surface area contributed by atoms with Crippen molar-refractivity contribution in [3.63, 3.8) is 0 Å². The third-order valence-corrected chi connectivity index (χ3v) is 3.54. The number of halogens is 2. The van der Waals surface area contributed by atoms with E-state index in [1.54, 1.807) is 24.3 Å². The van der Waals surface area contributed by atoms with Crippen LogP contribution in [0.5, 0.6) is 0 Å². The van der Waals surface area contributed by atoms with E-state index in [1.165, 1.54) is 17.3 Å². The van der Waals surface area contributed by atoms with E-state index >= 15 is 0 Å². The van der Waals surface area contributed by atoms with Crippen molar-refractivity contribution in [3.05, 3.63) is 46.5 Å². The minimum atomic E-state index is -0.397. The molecular formula is C15H16Cl2N4O. The van der Waals surface area contributed by atoms with Crippen LogP contribution >= 0.6 is 23.2 Å². The van der Waals surface area contributed by atoms with Crippen molar-refractivity contribution in [3.8, 4) is 0 Å². The van der Waals surface area contributed by atoms with Crippen LogP contribution in [-0.2, 0) is 0 Å². The summed E-state index contributed by atoms with van der Waals surface area (Å²) in [6.07, 6.45) is 4.73. The van der Waals surface area contributed by atoms with Crippen LogP contribution in [0.25, 0.3) is 11.8 Å². The highest BCUT2D eigenvalue weighted by molar-refractivity contribution is 6.36. The van der Waals surface area contributed by atoms with Crippen LogP contribution in [0, 0.1) is 5.41 Å². The third-order valence-electron chi connectivity index (χ3n) is 2.97. The van der Waals surface area contributed by atoms with Gasteiger partial charge >= 0.3 is 0 Å². The van der Waals surface area contributed by atoms with Gasteiger partial charge in [-0.3, -0.25) is 0 Å². The Morgan fingerprint density at radius 1 is 1.32 bits per heavy atom. The largest absolute Gasteiger partial charge is 0.411 e. The molecule has 5 nitrogen and oxygen atoms in total. The molecule has 0 atom stereocenters. The Hall–Kier alpha value is -1.85. The molecule has 0 radical (unpaired) electrons. The molecule has 0 aliphatic heterocycles. The fourth-order valence-corrected chi connectivity index (χ4v) is 2.39. The molecule has 0 aliphatic rings. The van der Waals surface area contributed by atoms with E-state index in [-0.39, 0.29) is 0 Å². The van der Waals surface area contributed by atoms with Crippen molar-refractivity contribution >= 4 is 40.7 Å². The lowest BCUT2D eigenvalue weighted by molar-refractivity contribution is 0.312. The number of oxime groups is 1. The average molecular weight is 339 g/mol. The molecular weight excluding hydrogens is 323 g/mol. The van der Waals surface area contributed by atoms with Crippen molar-refractivity contribution in [2.24, 2.45) is 10.6 Å². The summed E-state index contributed by atoms with van der Waals surface area (Å²) in [5, 5.41) is 18.1. The fraction of sp³-hybridized carbons (Fsp3) is 0.267. The van der Waals surface area contributed by atoms with Gasteiger partial charge in [0.1, 0.15) is 18.4 Å². The first-order chi connectivity index (χ1) is 10.3. The molecule has 0 unspecified atom stereocenters. The van der Waals surface area contributed by atoms with E-state index in [1.807, 2.05) is 20.8 Å². The van der Waals surface area contributed by atoms with Gasteiger partial charge in [0.15, 0.2) is 0 Å². The zero-order valence-corrected chi connectivity index (χ0v) is 14.0. The molecule has 0 saturated heterocycles. The van der Waals surface area contributed by atoms with Crippen molar-refractivity contribution in [2.45, 2.75) is 20.8 Å². The Balaban J connectivity index is 2.61. The summed E-state index contributed by atoms with van der Waals surface area (Å²) in [5.74, 6) is 0. The molecule has 0 amide bonds. The molecule has 0 aliphatic carbocycles. The highest BCUT2D eigenvalue weighted by atomic mass is 35.5. The molecule has 2 aromatic rings. The summed E-state index contributed by atoms with van der Waals surface area (Å²) >= 11 is 12.1. The first kappa shape index (κ1) is 16.5. The molecule has 0 spiro atoms. The van der Waals surface area contributed by atoms with Gasteiger partial charge in [-0.2, -0.15) is 5.10 Å². The molecule has 1 aromatic carbocycles. The molecule has 2 rings (SSSR count). The van der Waals surface area contributed by atoms with Crippen molar-refractivity contribution in [1.82, 2.24) is 14.8 Å². The van der Waals surface area contributed by atoms with E-state index in [0.717, 1.165) is 5.56 Å². The van der Waals surface area contributed by atoms with Crippen LogP contribution in [-0.4, -0.2) is 25.7 Å². The van der Waals surface area contributed by atoms with Crippen LogP contribution in [0.2, 0.25) is 10.0 Å². The van der Waals surface area contributed by atoms with E-state index in [4.69, 9.17) is 23.2 Å². The molecule has 22 heavy (non-hydrogen) atoms. The van der Waals surface area contributed by atoms with Gasteiger partial charge < -0.3 is 5.21 Å². The Labute approximate surface area is 138 Å². The predicted molar refractivity (Wildman–Crippen MR) is 89.3 cm³/mol. The summed E-state index contributed by atoms with van der Waals surface area (Å²) in [6, 6.07) is 5.19. The number of aromatic nitrogens is 3. The Morgan fingerprint density at radius 2 is 2.05 bits per heavy atom. The molecule has 0 saturated carbocycles. The van der Waals surface area contributed by atoms with Crippen molar-refractivity contribution in [1.29, 1.82) is 0 Å². The maximum Gasteiger partial charge on any atom is 0.138 e. The van der Waals surface area contributed by atoms with Gasteiger partial charge in [0, 0.05) is 15.5 Å². The summed E-state index contributed by atoms with van der Waals surface area (Å²) in [7, 11) is 0. The highest BCUT2D eigenvalue weighted by Gasteiger charge is 2.25. The predicted octanol–water partition coefficient (Wildman–Crippen LogP) is 4.46. The molecule has 1 N–H and O–H groups in total. The molecule has 0 fully saturated rings. The zero-order chi connectivity index (χ0) is 16.3. The fourth-order valence-electron chi connectivity index (χ4n) is 1.93. The topological polar surface area (TPSA) is 63.3 Å². The van der Waals surface area contributed by atoms with Gasteiger partial charge in [0.2, 0.25) is 0 Å². The van der Waals surface area contributed by atoms with Crippen LogP contribution in [0.3, 0.4) is 0 Å². The van der Waals surface area contributed by atoms with Gasteiger partial charge in [-0.25, -0.2) is 9.67 Å². The van der Waals surface area contributed by atoms with Gasteiger partial charge in [-0.05, 0) is 23.8 Å². The Bertz CT molecular complexity index is 716. The van der Waals surface area contributed by atoms with Crippen molar-refractivity contribution < 1.29 is 5.21 Å². The van der Waals surface area contributed by atoms with Crippen LogP contribution in [0.1, 0.15) is 26.3 Å². The summed E-state index contributed by atoms with van der Waals surface area (Å²) < 4.78 is 1.53. The lowest BCUT2D eigenvalue weighted by Gasteiger charge is -2.22. The second-order valence-electron chi connectivity index (χ2n) is 5.73. The maximum absolute atomic E-state index is 9.45. The standard InChI is InChI=1S/C15H16Cl2N4O/c1-15(2,3)14(20-22)13(21-9-18-8-19-21)6-10-4-5-11(16)7-12(10)17/h4-9,22H,1-3H3/b13-6-,20-14+. The smallest absolute Gasteiger partial charge is 0.138 e. The molecule has 0 bridgehead atoms. The molecule has 1 aromatic heterocycles. The molecule has 1 heterocycles. The van der Waals surface area contributed by atoms with E-state index in [9.17, 15) is 5.21 Å². The summed E-state index contributed by atoms with van der Waals surface area (Å²) in [5.41, 5.74) is 1.38. The SMILES string of the molecule is CC(C)(C)C(=N/O)/C(=C/c1ccc(Cl)cc1Cl)n1cncn1. The number of benzene rings is 1. The third kappa shape index (κ3) is 3.67. The normalized spacial score (nSPS) is 13.5. The highest BCUT2D eigenvalue weighted by Crippen LogP contribution is 2.28. The minimum absolute atomic E-state index is 0.397. The number of hydrogen-bond acceptors (Lipinski definition) is 4. The average Bonchev–Trinajstić information content (AvgIpc) is 2.93. The number of rotatable bonds is 3. The Kier molecular flexibility index (Phi) is 4.88. The number of allylic oxidation sites excluding steroid dienone is 1. The summed E-state index contributed by atoms with van der Waals surface area (Å²) in [4.78, 5) is 3.94.